The lowest BCUT2D eigenvalue weighted by Crippen LogP contribution is -2.16. The van der Waals surface area contributed by atoms with Crippen LogP contribution in [0.4, 0.5) is 0 Å². The molecule has 25 heavy (non-hydrogen) atoms. The van der Waals surface area contributed by atoms with E-state index >= 15 is 0 Å². The van der Waals surface area contributed by atoms with Crippen LogP contribution in [0.3, 0.4) is 0 Å². The van der Waals surface area contributed by atoms with Gasteiger partial charge in [0.05, 0.1) is 11.1 Å². The number of halogens is 1. The minimum atomic E-state index is -0.231. The van der Waals surface area contributed by atoms with Crippen molar-refractivity contribution in [3.8, 4) is 5.75 Å². The van der Waals surface area contributed by atoms with Gasteiger partial charge in [-0.2, -0.15) is 5.10 Å². The number of rotatable bonds is 6. The average Bonchev–Trinajstić information content (AvgIpc) is 3.17. The van der Waals surface area contributed by atoms with Gasteiger partial charge < -0.3 is 4.74 Å². The van der Waals surface area contributed by atoms with Crippen LogP contribution in [0.25, 0.3) is 0 Å². The van der Waals surface area contributed by atoms with Gasteiger partial charge >= 0.3 is 0 Å². The largest absolute Gasteiger partial charge is 0.488 e. The Hall–Kier alpha value is -2.63. The number of amides is 1. The number of hydrogen-bond donors (Lipinski definition) is 1. The van der Waals surface area contributed by atoms with Gasteiger partial charge in [0.1, 0.15) is 12.4 Å². The van der Waals surface area contributed by atoms with E-state index in [0.717, 1.165) is 11.1 Å². The molecule has 4 nitrogen and oxygen atoms in total. The summed E-state index contributed by atoms with van der Waals surface area (Å²) in [5, 5.41) is 6.55. The van der Waals surface area contributed by atoms with Crippen molar-refractivity contribution in [3.05, 3.63) is 87.1 Å². The van der Waals surface area contributed by atoms with Crippen LogP contribution in [-0.2, 0) is 6.61 Å². The highest BCUT2D eigenvalue weighted by Gasteiger charge is 2.05. The Morgan fingerprint density at radius 1 is 1.12 bits per heavy atom. The first-order chi connectivity index (χ1) is 12.2. The van der Waals surface area contributed by atoms with Crippen LogP contribution in [0.5, 0.6) is 5.75 Å². The van der Waals surface area contributed by atoms with Gasteiger partial charge in [-0.1, -0.05) is 41.9 Å². The van der Waals surface area contributed by atoms with E-state index in [-0.39, 0.29) is 5.91 Å². The fourth-order valence-electron chi connectivity index (χ4n) is 2.08. The molecule has 1 aromatic heterocycles. The molecule has 1 N–H and O–H groups in total. The van der Waals surface area contributed by atoms with Gasteiger partial charge in [0.2, 0.25) is 0 Å². The third-order valence-electron chi connectivity index (χ3n) is 3.34. The third-order valence-corrected chi connectivity index (χ3v) is 4.46. The summed E-state index contributed by atoms with van der Waals surface area (Å²) in [7, 11) is 0. The molecule has 0 atom stereocenters. The van der Waals surface area contributed by atoms with Gasteiger partial charge in [-0.05, 0) is 41.3 Å². The molecular weight excluding hydrogens is 356 g/mol. The van der Waals surface area contributed by atoms with Crippen LogP contribution in [0, 0.1) is 0 Å². The van der Waals surface area contributed by atoms with E-state index in [0.29, 0.717) is 22.3 Å². The number of benzene rings is 2. The van der Waals surface area contributed by atoms with Gasteiger partial charge in [-0.3, -0.25) is 4.79 Å². The highest BCUT2D eigenvalue weighted by Crippen LogP contribution is 2.18. The molecule has 0 spiro atoms. The Kier molecular flexibility index (Phi) is 5.82. The summed E-state index contributed by atoms with van der Waals surface area (Å²) in [4.78, 5) is 12.5. The molecule has 0 saturated heterocycles. The monoisotopic (exact) mass is 370 g/mol. The smallest absolute Gasteiger partial charge is 0.281 e. The van der Waals surface area contributed by atoms with Crippen LogP contribution in [0.15, 0.2) is 71.1 Å². The number of hydrazone groups is 1. The summed E-state index contributed by atoms with van der Waals surface area (Å²) in [6.07, 6.45) is 1.57. The molecule has 2 aromatic carbocycles. The van der Waals surface area contributed by atoms with Crippen LogP contribution < -0.4 is 10.2 Å². The van der Waals surface area contributed by atoms with Gasteiger partial charge in [0.15, 0.2) is 0 Å². The van der Waals surface area contributed by atoms with Crippen LogP contribution in [0.1, 0.15) is 20.8 Å². The SMILES string of the molecule is O=C(N/N=C\c1ccccc1OCc1ccc(Cl)cc1)c1cccs1. The van der Waals surface area contributed by atoms with E-state index in [1.165, 1.54) is 11.3 Å². The zero-order valence-electron chi connectivity index (χ0n) is 13.2. The van der Waals surface area contributed by atoms with Crippen LogP contribution >= 0.6 is 22.9 Å². The molecule has 0 aliphatic carbocycles. The molecular formula is C19H15ClN2O2S. The Balaban J connectivity index is 1.63. The van der Waals surface area contributed by atoms with E-state index in [1.54, 1.807) is 12.3 Å². The number of thiophene rings is 1. The second-order valence-electron chi connectivity index (χ2n) is 5.13. The molecule has 0 unspecified atom stereocenters. The Bertz CT molecular complexity index is 861. The first kappa shape index (κ1) is 17.2. The second-order valence-corrected chi connectivity index (χ2v) is 6.51. The molecule has 3 rings (SSSR count). The van der Waals surface area contributed by atoms with Crippen LogP contribution in [-0.4, -0.2) is 12.1 Å². The Labute approximate surface area is 154 Å². The number of ether oxygens (including phenoxy) is 1. The fraction of sp³-hybridized carbons (Fsp3) is 0.0526. The number of nitrogens with one attached hydrogen (secondary N) is 1. The van der Waals surface area contributed by atoms with Gasteiger partial charge in [0, 0.05) is 10.6 Å². The van der Waals surface area contributed by atoms with Crippen LogP contribution in [0.2, 0.25) is 5.02 Å². The molecule has 0 fully saturated rings. The van der Waals surface area contributed by atoms with Crippen molar-refractivity contribution in [1.82, 2.24) is 5.43 Å². The number of nitrogens with zero attached hydrogens (tertiary/aromatic N) is 1. The third kappa shape index (κ3) is 4.92. The highest BCUT2D eigenvalue weighted by molar-refractivity contribution is 7.12. The van der Waals surface area contributed by atoms with Gasteiger partial charge in [-0.15, -0.1) is 11.3 Å². The predicted molar refractivity (Wildman–Crippen MR) is 102 cm³/mol. The number of para-hydroxylation sites is 1. The molecule has 0 saturated carbocycles. The molecule has 0 aliphatic rings. The quantitative estimate of drug-likeness (QED) is 0.503. The van der Waals surface area contributed by atoms with E-state index < -0.39 is 0 Å². The summed E-state index contributed by atoms with van der Waals surface area (Å²) in [6.45, 7) is 0.420. The minimum absolute atomic E-state index is 0.231. The van der Waals surface area contributed by atoms with E-state index in [2.05, 4.69) is 10.5 Å². The molecule has 126 valence electrons. The first-order valence-corrected chi connectivity index (χ1v) is 8.81. The Morgan fingerprint density at radius 3 is 2.68 bits per heavy atom. The molecule has 3 aromatic rings. The van der Waals surface area contributed by atoms with Crippen molar-refractivity contribution < 1.29 is 9.53 Å². The molecule has 0 radical (unpaired) electrons. The van der Waals surface area contributed by atoms with E-state index in [1.807, 2.05) is 60.0 Å². The van der Waals surface area contributed by atoms with Crippen molar-refractivity contribution >= 4 is 35.1 Å². The number of carbonyl (C=O) groups excluding carboxylic acids is 1. The minimum Gasteiger partial charge on any atom is -0.488 e. The zero-order chi connectivity index (χ0) is 17.5. The maximum absolute atomic E-state index is 11.9. The number of hydrogen-bond acceptors (Lipinski definition) is 4. The zero-order valence-corrected chi connectivity index (χ0v) is 14.8. The molecule has 6 heteroatoms. The molecule has 1 heterocycles. The van der Waals surface area contributed by atoms with Crippen molar-refractivity contribution in [2.75, 3.05) is 0 Å². The van der Waals surface area contributed by atoms with Crippen molar-refractivity contribution in [2.24, 2.45) is 5.10 Å². The molecule has 0 bridgehead atoms. The topological polar surface area (TPSA) is 50.7 Å². The summed E-state index contributed by atoms with van der Waals surface area (Å²) >= 11 is 7.25. The Morgan fingerprint density at radius 2 is 1.92 bits per heavy atom. The molecule has 0 aliphatic heterocycles. The van der Waals surface area contributed by atoms with E-state index in [4.69, 9.17) is 16.3 Å². The number of carbonyl (C=O) groups is 1. The lowest BCUT2D eigenvalue weighted by atomic mass is 10.2. The van der Waals surface area contributed by atoms with Crippen molar-refractivity contribution in [1.29, 1.82) is 0 Å². The van der Waals surface area contributed by atoms with Gasteiger partial charge in [0.25, 0.3) is 5.91 Å². The van der Waals surface area contributed by atoms with Crippen molar-refractivity contribution in [3.63, 3.8) is 0 Å². The first-order valence-electron chi connectivity index (χ1n) is 7.55. The summed E-state index contributed by atoms with van der Waals surface area (Å²) in [6, 6.07) is 18.6. The fourth-order valence-corrected chi connectivity index (χ4v) is 2.82. The van der Waals surface area contributed by atoms with E-state index in [9.17, 15) is 4.79 Å². The maximum atomic E-state index is 11.9. The standard InChI is InChI=1S/C19H15ClN2O2S/c20-16-9-7-14(8-10-16)13-24-17-5-2-1-4-15(17)12-21-22-19(23)18-6-3-11-25-18/h1-12H,13H2,(H,22,23)/b21-12-. The summed E-state index contributed by atoms with van der Waals surface area (Å²) in [5.41, 5.74) is 4.31. The summed E-state index contributed by atoms with van der Waals surface area (Å²) in [5.74, 6) is 0.456. The molecule has 1 amide bonds. The second kappa shape index (κ2) is 8.46. The normalized spacial score (nSPS) is 10.8. The summed E-state index contributed by atoms with van der Waals surface area (Å²) < 4.78 is 5.85. The van der Waals surface area contributed by atoms with Gasteiger partial charge in [-0.25, -0.2) is 5.43 Å². The van der Waals surface area contributed by atoms with Crippen molar-refractivity contribution in [2.45, 2.75) is 6.61 Å². The maximum Gasteiger partial charge on any atom is 0.281 e. The lowest BCUT2D eigenvalue weighted by Gasteiger charge is -2.09. The predicted octanol–water partition coefficient (Wildman–Crippen LogP) is 4.74. The highest BCUT2D eigenvalue weighted by atomic mass is 35.5. The average molecular weight is 371 g/mol. The lowest BCUT2D eigenvalue weighted by molar-refractivity contribution is 0.0959.